The molecule has 1 rings (SSSR count). The van der Waals surface area contributed by atoms with Crippen LogP contribution in [-0.4, -0.2) is 42.7 Å². The molecule has 4 heteroatoms. The van der Waals surface area contributed by atoms with Crippen molar-refractivity contribution in [2.24, 2.45) is 0 Å². The van der Waals surface area contributed by atoms with E-state index in [-0.39, 0.29) is 11.2 Å². The highest BCUT2D eigenvalue weighted by atomic mass is 32.2. The molecule has 1 unspecified atom stereocenters. The van der Waals surface area contributed by atoms with E-state index in [1.165, 1.54) is 0 Å². The van der Waals surface area contributed by atoms with Gasteiger partial charge in [0.15, 0.2) is 0 Å². The molecule has 10 heavy (non-hydrogen) atoms. The molecule has 0 bridgehead atoms. The first-order chi connectivity index (χ1) is 4.75. The summed E-state index contributed by atoms with van der Waals surface area (Å²) in [7, 11) is 1.75. The van der Waals surface area contributed by atoms with Crippen LogP contribution in [0.2, 0.25) is 0 Å². The van der Waals surface area contributed by atoms with Gasteiger partial charge in [-0.25, -0.2) is 0 Å². The van der Waals surface area contributed by atoms with Crippen molar-refractivity contribution in [3.05, 3.63) is 0 Å². The summed E-state index contributed by atoms with van der Waals surface area (Å²) >= 11 is 1.54. The second kappa shape index (κ2) is 3.25. The number of ether oxygens (including phenoxy) is 1. The van der Waals surface area contributed by atoms with Crippen molar-refractivity contribution in [2.75, 3.05) is 26.6 Å². The Balaban J connectivity index is 2.51. The van der Waals surface area contributed by atoms with Gasteiger partial charge in [-0.15, -0.1) is 11.8 Å². The van der Waals surface area contributed by atoms with Crippen molar-refractivity contribution < 1.29 is 9.53 Å². The lowest BCUT2D eigenvalue weighted by Gasteiger charge is -2.27. The maximum atomic E-state index is 11.2. The second-order valence-electron chi connectivity index (χ2n) is 2.26. The molecular weight excluding hydrogens is 150 g/mol. The third-order valence-corrected chi connectivity index (χ3v) is 2.40. The van der Waals surface area contributed by atoms with E-state index < -0.39 is 0 Å². The summed E-state index contributed by atoms with van der Waals surface area (Å²) in [6, 6.07) is 0. The molecule has 1 saturated heterocycles. The molecule has 1 aliphatic rings. The minimum absolute atomic E-state index is 0.0127. The van der Waals surface area contributed by atoms with E-state index >= 15 is 0 Å². The lowest BCUT2D eigenvalue weighted by atomic mass is 10.4. The van der Waals surface area contributed by atoms with Crippen molar-refractivity contribution in [2.45, 2.75) is 5.25 Å². The molecule has 0 aliphatic carbocycles. The zero-order chi connectivity index (χ0) is 7.56. The van der Waals surface area contributed by atoms with E-state index in [4.69, 9.17) is 4.74 Å². The summed E-state index contributed by atoms with van der Waals surface area (Å²) in [5.74, 6) is 0.179. The standard InChI is InChI=1S/C6H11NO2S/c1-7-4-9-3-5(10-2)6(7)8/h5H,3-4H2,1-2H3. The number of rotatable bonds is 1. The van der Waals surface area contributed by atoms with Crippen LogP contribution in [0.5, 0.6) is 0 Å². The number of hydrogen-bond acceptors (Lipinski definition) is 3. The average Bonchev–Trinajstić information content (AvgIpc) is 1.95. The predicted octanol–water partition coefficient (Wildman–Crippen LogP) is 0.164. The number of thioether (sulfide) groups is 1. The van der Waals surface area contributed by atoms with E-state index in [1.807, 2.05) is 6.26 Å². The molecule has 1 heterocycles. The molecular formula is C6H11NO2S. The van der Waals surface area contributed by atoms with Gasteiger partial charge in [0, 0.05) is 7.05 Å². The molecule has 0 saturated carbocycles. The smallest absolute Gasteiger partial charge is 0.239 e. The van der Waals surface area contributed by atoms with Gasteiger partial charge in [-0.2, -0.15) is 0 Å². The van der Waals surface area contributed by atoms with Crippen LogP contribution in [0.3, 0.4) is 0 Å². The van der Waals surface area contributed by atoms with Crippen LogP contribution in [0, 0.1) is 0 Å². The van der Waals surface area contributed by atoms with Crippen LogP contribution >= 0.6 is 11.8 Å². The predicted molar refractivity (Wildman–Crippen MR) is 40.9 cm³/mol. The van der Waals surface area contributed by atoms with Crippen LogP contribution < -0.4 is 0 Å². The first kappa shape index (κ1) is 7.88. The average molecular weight is 161 g/mol. The van der Waals surface area contributed by atoms with E-state index in [1.54, 1.807) is 23.7 Å². The van der Waals surface area contributed by atoms with Gasteiger partial charge in [0.25, 0.3) is 0 Å². The van der Waals surface area contributed by atoms with Crippen LogP contribution in [0.15, 0.2) is 0 Å². The largest absolute Gasteiger partial charge is 0.359 e. The Morgan fingerprint density at radius 2 is 2.50 bits per heavy atom. The SMILES string of the molecule is CSC1COCN(C)C1=O. The third-order valence-electron chi connectivity index (χ3n) is 1.49. The summed E-state index contributed by atoms with van der Waals surface area (Å²) in [6.45, 7) is 1.00. The van der Waals surface area contributed by atoms with E-state index in [9.17, 15) is 4.79 Å². The summed E-state index contributed by atoms with van der Waals surface area (Å²) in [5.41, 5.74) is 0. The number of carbonyl (C=O) groups is 1. The van der Waals surface area contributed by atoms with Crippen molar-refractivity contribution >= 4 is 17.7 Å². The lowest BCUT2D eigenvalue weighted by molar-refractivity contribution is -0.141. The molecule has 1 atom stereocenters. The van der Waals surface area contributed by atoms with Crippen molar-refractivity contribution in [1.82, 2.24) is 4.90 Å². The summed E-state index contributed by atoms with van der Waals surface area (Å²) in [4.78, 5) is 12.8. The zero-order valence-electron chi connectivity index (χ0n) is 6.16. The molecule has 3 nitrogen and oxygen atoms in total. The van der Waals surface area contributed by atoms with Crippen molar-refractivity contribution in [3.8, 4) is 0 Å². The Labute approximate surface area is 64.7 Å². The van der Waals surface area contributed by atoms with Gasteiger partial charge in [-0.05, 0) is 6.26 Å². The maximum Gasteiger partial charge on any atom is 0.239 e. The number of carbonyl (C=O) groups excluding carboxylic acids is 1. The molecule has 1 amide bonds. The Hall–Kier alpha value is -0.220. The molecule has 1 aliphatic heterocycles. The topological polar surface area (TPSA) is 29.5 Å². The van der Waals surface area contributed by atoms with Gasteiger partial charge in [-0.1, -0.05) is 0 Å². The van der Waals surface area contributed by atoms with E-state index in [0.717, 1.165) is 0 Å². The van der Waals surface area contributed by atoms with Crippen LogP contribution in [-0.2, 0) is 9.53 Å². The van der Waals surface area contributed by atoms with E-state index in [2.05, 4.69) is 0 Å². The molecule has 0 spiro atoms. The summed E-state index contributed by atoms with van der Waals surface area (Å²) in [5, 5.41) is 0.0127. The fourth-order valence-corrected chi connectivity index (χ4v) is 1.46. The fraction of sp³-hybridized carbons (Fsp3) is 0.833. The van der Waals surface area contributed by atoms with Gasteiger partial charge in [-0.3, -0.25) is 4.79 Å². The van der Waals surface area contributed by atoms with Crippen LogP contribution in [0.25, 0.3) is 0 Å². The minimum atomic E-state index is 0.0127. The van der Waals surface area contributed by atoms with Gasteiger partial charge in [0.05, 0.1) is 6.61 Å². The number of nitrogens with zero attached hydrogens (tertiary/aromatic N) is 1. The number of amides is 1. The minimum Gasteiger partial charge on any atom is -0.359 e. The Bertz CT molecular complexity index is 140. The van der Waals surface area contributed by atoms with Gasteiger partial charge >= 0.3 is 0 Å². The van der Waals surface area contributed by atoms with Crippen molar-refractivity contribution in [1.29, 1.82) is 0 Å². The molecule has 0 N–H and O–H groups in total. The van der Waals surface area contributed by atoms with Gasteiger partial charge in [0.1, 0.15) is 12.0 Å². The molecule has 58 valence electrons. The molecule has 0 aromatic carbocycles. The molecule has 0 radical (unpaired) electrons. The number of hydrogen-bond donors (Lipinski definition) is 0. The molecule has 1 fully saturated rings. The Kier molecular flexibility index (Phi) is 2.56. The summed E-state index contributed by atoms with van der Waals surface area (Å²) < 4.78 is 5.14. The first-order valence-electron chi connectivity index (χ1n) is 3.11. The highest BCUT2D eigenvalue weighted by Gasteiger charge is 2.25. The Morgan fingerprint density at radius 1 is 1.80 bits per heavy atom. The monoisotopic (exact) mass is 161 g/mol. The van der Waals surface area contributed by atoms with E-state index in [0.29, 0.717) is 13.3 Å². The van der Waals surface area contributed by atoms with Crippen molar-refractivity contribution in [3.63, 3.8) is 0 Å². The normalized spacial score (nSPS) is 27.2. The van der Waals surface area contributed by atoms with Crippen LogP contribution in [0.4, 0.5) is 0 Å². The molecule has 0 aromatic heterocycles. The highest BCUT2D eigenvalue weighted by Crippen LogP contribution is 2.13. The quantitative estimate of drug-likeness (QED) is 0.549. The first-order valence-corrected chi connectivity index (χ1v) is 4.40. The second-order valence-corrected chi connectivity index (χ2v) is 3.30. The lowest BCUT2D eigenvalue weighted by Crippen LogP contribution is -2.43. The van der Waals surface area contributed by atoms with Gasteiger partial charge < -0.3 is 9.64 Å². The Morgan fingerprint density at radius 3 is 3.00 bits per heavy atom. The van der Waals surface area contributed by atoms with Gasteiger partial charge in [0.2, 0.25) is 5.91 Å². The van der Waals surface area contributed by atoms with Crippen LogP contribution in [0.1, 0.15) is 0 Å². The fourth-order valence-electron chi connectivity index (χ4n) is 0.846. The highest BCUT2D eigenvalue weighted by molar-refractivity contribution is 7.99. The zero-order valence-corrected chi connectivity index (χ0v) is 6.98. The maximum absolute atomic E-state index is 11.2. The third kappa shape index (κ3) is 1.44. The molecule has 0 aromatic rings. The summed E-state index contributed by atoms with van der Waals surface area (Å²) in [6.07, 6.45) is 1.92.